The minimum Gasteiger partial charge on any atom is -0.347 e. The average Bonchev–Trinajstić information content (AvgIpc) is 3.04. The average molecular weight is 262 g/mol. The summed E-state index contributed by atoms with van der Waals surface area (Å²) in [5.74, 6) is 0.258. The van der Waals surface area contributed by atoms with Gasteiger partial charge in [-0.1, -0.05) is 0 Å². The molecule has 0 bridgehead atoms. The van der Waals surface area contributed by atoms with Crippen molar-refractivity contribution in [2.75, 3.05) is 25.0 Å². The molecule has 1 amide bonds. The van der Waals surface area contributed by atoms with Crippen LogP contribution in [0.15, 0.2) is 18.2 Å². The molecule has 2 heterocycles. The number of rotatable bonds is 3. The van der Waals surface area contributed by atoms with Gasteiger partial charge in [-0.25, -0.2) is 9.37 Å². The maximum Gasteiger partial charge on any atom is 0.241 e. The molecule has 2 aromatic rings. The molecule has 1 aromatic carbocycles. The lowest BCUT2D eigenvalue weighted by molar-refractivity contribution is -0.128. The molecule has 0 radical (unpaired) electrons. The topological polar surface area (TPSA) is 61.0 Å². The Balaban J connectivity index is 1.66. The Bertz CT molecular complexity index is 604. The molecule has 3 rings (SSSR count). The van der Waals surface area contributed by atoms with Crippen LogP contribution < -0.4 is 5.32 Å². The number of carbonyl (C=O) groups is 1. The van der Waals surface area contributed by atoms with Crippen molar-refractivity contribution < 1.29 is 9.18 Å². The molecule has 0 atom stereocenters. The summed E-state index contributed by atoms with van der Waals surface area (Å²) in [5, 5.41) is 2.95. The Morgan fingerprint density at radius 3 is 3.00 bits per heavy atom. The third-order valence-electron chi connectivity index (χ3n) is 3.31. The molecule has 1 saturated heterocycles. The SMILES string of the molecule is O=C(CNc1nc2ccc(F)cc2[nH]1)N1CCCC1. The van der Waals surface area contributed by atoms with E-state index in [0.29, 0.717) is 17.0 Å². The van der Waals surface area contributed by atoms with E-state index in [2.05, 4.69) is 15.3 Å². The molecule has 0 saturated carbocycles. The summed E-state index contributed by atoms with van der Waals surface area (Å²) in [6, 6.07) is 4.35. The lowest BCUT2D eigenvalue weighted by Crippen LogP contribution is -2.33. The molecule has 1 aromatic heterocycles. The number of hydrogen-bond acceptors (Lipinski definition) is 3. The number of nitrogens with one attached hydrogen (secondary N) is 2. The number of fused-ring (bicyclic) bond motifs is 1. The molecule has 1 aliphatic rings. The summed E-state index contributed by atoms with van der Waals surface area (Å²) in [6.45, 7) is 1.89. The predicted octanol–water partition coefficient (Wildman–Crippen LogP) is 1.74. The van der Waals surface area contributed by atoms with Crippen molar-refractivity contribution >= 4 is 22.9 Å². The van der Waals surface area contributed by atoms with E-state index in [9.17, 15) is 9.18 Å². The van der Waals surface area contributed by atoms with E-state index in [-0.39, 0.29) is 18.3 Å². The van der Waals surface area contributed by atoms with Crippen LogP contribution in [0.3, 0.4) is 0 Å². The minimum absolute atomic E-state index is 0.0733. The maximum absolute atomic E-state index is 13.0. The highest BCUT2D eigenvalue weighted by atomic mass is 19.1. The zero-order valence-electron chi connectivity index (χ0n) is 10.4. The third kappa shape index (κ3) is 2.52. The monoisotopic (exact) mass is 262 g/mol. The molecule has 5 nitrogen and oxygen atoms in total. The van der Waals surface area contributed by atoms with Crippen molar-refractivity contribution in [1.82, 2.24) is 14.9 Å². The van der Waals surface area contributed by atoms with E-state index in [4.69, 9.17) is 0 Å². The zero-order valence-corrected chi connectivity index (χ0v) is 10.4. The number of halogens is 1. The molecular weight excluding hydrogens is 247 g/mol. The highest BCUT2D eigenvalue weighted by Crippen LogP contribution is 2.15. The lowest BCUT2D eigenvalue weighted by Gasteiger charge is -2.14. The normalized spacial score (nSPS) is 15.1. The number of nitrogens with zero attached hydrogens (tertiary/aromatic N) is 2. The molecular formula is C13H15FN4O. The predicted molar refractivity (Wildman–Crippen MR) is 70.4 cm³/mol. The first kappa shape index (κ1) is 12.0. The van der Waals surface area contributed by atoms with Gasteiger partial charge in [0.1, 0.15) is 5.82 Å². The summed E-state index contributed by atoms with van der Waals surface area (Å²) >= 11 is 0. The van der Waals surface area contributed by atoms with Crippen LogP contribution >= 0.6 is 0 Å². The number of likely N-dealkylation sites (tertiary alicyclic amines) is 1. The molecule has 6 heteroatoms. The number of aromatic nitrogens is 2. The van der Waals surface area contributed by atoms with Crippen molar-refractivity contribution in [2.45, 2.75) is 12.8 Å². The van der Waals surface area contributed by atoms with Gasteiger partial charge in [-0.3, -0.25) is 4.79 Å². The summed E-state index contributed by atoms with van der Waals surface area (Å²) in [6.07, 6.45) is 2.16. The number of anilines is 1. The van der Waals surface area contributed by atoms with Crippen molar-refractivity contribution in [2.24, 2.45) is 0 Å². The number of aromatic amines is 1. The van der Waals surface area contributed by atoms with E-state index >= 15 is 0 Å². The smallest absolute Gasteiger partial charge is 0.241 e. The number of hydrogen-bond donors (Lipinski definition) is 2. The van der Waals surface area contributed by atoms with Crippen LogP contribution in [0.5, 0.6) is 0 Å². The van der Waals surface area contributed by atoms with E-state index < -0.39 is 0 Å². The fourth-order valence-corrected chi connectivity index (χ4v) is 2.30. The van der Waals surface area contributed by atoms with Crippen LogP contribution in [0, 0.1) is 5.82 Å². The van der Waals surface area contributed by atoms with Gasteiger partial charge in [0, 0.05) is 13.1 Å². The van der Waals surface area contributed by atoms with Gasteiger partial charge < -0.3 is 15.2 Å². The second-order valence-corrected chi connectivity index (χ2v) is 4.69. The highest BCUT2D eigenvalue weighted by molar-refractivity contribution is 5.82. The number of benzene rings is 1. The largest absolute Gasteiger partial charge is 0.347 e. The molecule has 2 N–H and O–H groups in total. The third-order valence-corrected chi connectivity index (χ3v) is 3.31. The Labute approximate surface area is 109 Å². The van der Waals surface area contributed by atoms with Crippen LogP contribution in [0.4, 0.5) is 10.3 Å². The first-order valence-electron chi connectivity index (χ1n) is 6.39. The van der Waals surface area contributed by atoms with Crippen LogP contribution in [0.1, 0.15) is 12.8 Å². The number of carbonyl (C=O) groups excluding carboxylic acids is 1. The second kappa shape index (κ2) is 4.87. The number of H-pyrrole nitrogens is 1. The first-order valence-corrected chi connectivity index (χ1v) is 6.39. The fourth-order valence-electron chi connectivity index (χ4n) is 2.30. The first-order chi connectivity index (χ1) is 9.22. The summed E-state index contributed by atoms with van der Waals surface area (Å²) in [4.78, 5) is 20.9. The van der Waals surface area contributed by atoms with Crippen LogP contribution in [-0.4, -0.2) is 40.4 Å². The lowest BCUT2D eigenvalue weighted by atomic mass is 10.3. The van der Waals surface area contributed by atoms with E-state index in [1.165, 1.54) is 12.1 Å². The van der Waals surface area contributed by atoms with E-state index in [1.807, 2.05) is 4.90 Å². The second-order valence-electron chi connectivity index (χ2n) is 4.69. The van der Waals surface area contributed by atoms with Crippen LogP contribution in [0.2, 0.25) is 0 Å². The van der Waals surface area contributed by atoms with Gasteiger partial charge in [0.2, 0.25) is 11.9 Å². The summed E-state index contributed by atoms with van der Waals surface area (Å²) in [5.41, 5.74) is 1.30. The number of amides is 1. The Kier molecular flexibility index (Phi) is 3.06. The van der Waals surface area contributed by atoms with Crippen LogP contribution in [-0.2, 0) is 4.79 Å². The highest BCUT2D eigenvalue weighted by Gasteiger charge is 2.17. The van der Waals surface area contributed by atoms with Gasteiger partial charge >= 0.3 is 0 Å². The molecule has 19 heavy (non-hydrogen) atoms. The van der Waals surface area contributed by atoms with Gasteiger partial charge in [0.05, 0.1) is 17.6 Å². The van der Waals surface area contributed by atoms with Crippen LogP contribution in [0.25, 0.3) is 11.0 Å². The number of imidazole rings is 1. The Morgan fingerprint density at radius 1 is 1.42 bits per heavy atom. The van der Waals surface area contributed by atoms with Crippen molar-refractivity contribution in [3.8, 4) is 0 Å². The van der Waals surface area contributed by atoms with Crippen molar-refractivity contribution in [1.29, 1.82) is 0 Å². The Hall–Kier alpha value is -2.11. The molecule has 0 spiro atoms. The van der Waals surface area contributed by atoms with Crippen molar-refractivity contribution in [3.63, 3.8) is 0 Å². The quantitative estimate of drug-likeness (QED) is 0.885. The molecule has 0 aliphatic carbocycles. The van der Waals surface area contributed by atoms with Gasteiger partial charge in [-0.2, -0.15) is 0 Å². The zero-order chi connectivity index (χ0) is 13.2. The van der Waals surface area contributed by atoms with Gasteiger partial charge in [-0.15, -0.1) is 0 Å². The minimum atomic E-state index is -0.309. The summed E-state index contributed by atoms with van der Waals surface area (Å²) < 4.78 is 13.0. The maximum atomic E-state index is 13.0. The summed E-state index contributed by atoms with van der Waals surface area (Å²) in [7, 11) is 0. The fraction of sp³-hybridized carbons (Fsp3) is 0.385. The molecule has 0 unspecified atom stereocenters. The van der Waals surface area contributed by atoms with Gasteiger partial charge in [0.15, 0.2) is 0 Å². The van der Waals surface area contributed by atoms with Gasteiger partial charge in [-0.05, 0) is 31.0 Å². The standard InChI is InChI=1S/C13H15FN4O/c14-9-3-4-10-11(7-9)17-13(16-10)15-8-12(19)18-5-1-2-6-18/h3-4,7H,1-2,5-6,8H2,(H2,15,16,17). The van der Waals surface area contributed by atoms with E-state index in [1.54, 1.807) is 6.07 Å². The molecule has 1 fully saturated rings. The van der Waals surface area contributed by atoms with Crippen molar-refractivity contribution in [3.05, 3.63) is 24.0 Å². The molecule has 100 valence electrons. The van der Waals surface area contributed by atoms with Gasteiger partial charge in [0.25, 0.3) is 0 Å². The van der Waals surface area contributed by atoms with E-state index in [0.717, 1.165) is 25.9 Å². The molecule has 1 aliphatic heterocycles. The Morgan fingerprint density at radius 2 is 2.21 bits per heavy atom.